The topological polar surface area (TPSA) is 71.1 Å². The van der Waals surface area contributed by atoms with Gasteiger partial charge in [-0.1, -0.05) is 12.1 Å². The normalized spacial score (nSPS) is 14.3. The first-order valence-electron chi connectivity index (χ1n) is 9.80. The largest absolute Gasteiger partial charge is 0.492 e. The van der Waals surface area contributed by atoms with Crippen LogP contribution in [0.2, 0.25) is 0 Å². The number of morpholine rings is 1. The van der Waals surface area contributed by atoms with E-state index in [-0.39, 0.29) is 18.4 Å². The van der Waals surface area contributed by atoms with Gasteiger partial charge in [0, 0.05) is 33.2 Å². The highest BCUT2D eigenvalue weighted by Crippen LogP contribution is 2.23. The Morgan fingerprint density at radius 1 is 1.27 bits per heavy atom. The Balaban J connectivity index is 1.40. The third-order valence-electron chi connectivity index (χ3n) is 4.68. The quantitative estimate of drug-likeness (QED) is 0.578. The molecule has 9 heteroatoms. The summed E-state index contributed by atoms with van der Waals surface area (Å²) in [5.41, 5.74) is 0.948. The lowest BCUT2D eigenvalue weighted by Gasteiger charge is -2.26. The maximum absolute atomic E-state index is 12.3. The van der Waals surface area contributed by atoms with Crippen LogP contribution in [0, 0.1) is 0 Å². The van der Waals surface area contributed by atoms with E-state index in [1.807, 2.05) is 30.3 Å². The Labute approximate surface area is 189 Å². The van der Waals surface area contributed by atoms with Crippen molar-refractivity contribution < 1.29 is 19.1 Å². The summed E-state index contributed by atoms with van der Waals surface area (Å²) in [5, 5.41) is 2.86. The van der Waals surface area contributed by atoms with Gasteiger partial charge in [-0.05, 0) is 45.8 Å². The Morgan fingerprint density at radius 2 is 2.07 bits per heavy atom. The Bertz CT molecular complexity index is 854. The standard InChI is InChI=1S/C21H26BrN3O4S/c1-24(21(27)18-5-6-19(22)30-18)15-20(26)23-14-16-3-2-4-17(13-16)29-12-9-25-7-10-28-11-8-25/h2-6,13H,7-12,14-15H2,1H3,(H,23,26). The molecule has 30 heavy (non-hydrogen) atoms. The molecule has 1 aliphatic heterocycles. The molecule has 2 heterocycles. The molecule has 0 aliphatic carbocycles. The number of nitrogens with zero attached hydrogens (tertiary/aromatic N) is 2. The number of carbonyl (C=O) groups excluding carboxylic acids is 2. The Kier molecular flexibility index (Phi) is 8.68. The lowest BCUT2D eigenvalue weighted by Crippen LogP contribution is -2.38. The monoisotopic (exact) mass is 495 g/mol. The second-order valence-corrected chi connectivity index (χ2v) is 9.45. The molecule has 1 fully saturated rings. The molecular formula is C21H26BrN3O4S. The summed E-state index contributed by atoms with van der Waals surface area (Å²) in [6.45, 7) is 5.30. The number of thiophene rings is 1. The molecule has 0 spiro atoms. The van der Waals surface area contributed by atoms with Crippen LogP contribution in [-0.2, 0) is 16.1 Å². The van der Waals surface area contributed by atoms with E-state index in [0.29, 0.717) is 18.0 Å². The van der Waals surface area contributed by atoms with Crippen LogP contribution in [0.4, 0.5) is 0 Å². The van der Waals surface area contributed by atoms with E-state index in [4.69, 9.17) is 9.47 Å². The number of likely N-dealkylation sites (N-methyl/N-ethyl adjacent to an activating group) is 1. The van der Waals surface area contributed by atoms with Crippen molar-refractivity contribution in [1.82, 2.24) is 15.1 Å². The number of hydrogen-bond donors (Lipinski definition) is 1. The number of benzene rings is 1. The van der Waals surface area contributed by atoms with Crippen LogP contribution >= 0.6 is 27.3 Å². The third kappa shape index (κ3) is 7.09. The lowest BCUT2D eigenvalue weighted by atomic mass is 10.2. The number of rotatable bonds is 9. The molecule has 7 nitrogen and oxygen atoms in total. The van der Waals surface area contributed by atoms with E-state index < -0.39 is 0 Å². The number of carbonyl (C=O) groups is 2. The van der Waals surface area contributed by atoms with Crippen molar-refractivity contribution in [2.24, 2.45) is 0 Å². The first-order chi connectivity index (χ1) is 14.5. The minimum Gasteiger partial charge on any atom is -0.492 e. The van der Waals surface area contributed by atoms with E-state index in [1.165, 1.54) is 16.2 Å². The molecule has 0 bridgehead atoms. The molecule has 2 amide bonds. The van der Waals surface area contributed by atoms with Crippen LogP contribution in [0.15, 0.2) is 40.2 Å². The van der Waals surface area contributed by atoms with Gasteiger partial charge in [-0.15, -0.1) is 11.3 Å². The number of amides is 2. The third-order valence-corrected chi connectivity index (χ3v) is 6.29. The minimum absolute atomic E-state index is 0.00406. The average Bonchev–Trinajstić information content (AvgIpc) is 3.19. The highest BCUT2D eigenvalue weighted by Gasteiger charge is 2.16. The van der Waals surface area contributed by atoms with Gasteiger partial charge in [-0.2, -0.15) is 0 Å². The fourth-order valence-electron chi connectivity index (χ4n) is 3.02. The van der Waals surface area contributed by atoms with Gasteiger partial charge in [0.05, 0.1) is 28.4 Å². The second kappa shape index (κ2) is 11.5. The van der Waals surface area contributed by atoms with Gasteiger partial charge >= 0.3 is 0 Å². The molecule has 3 rings (SSSR count). The Morgan fingerprint density at radius 3 is 2.80 bits per heavy atom. The molecule has 162 valence electrons. The van der Waals surface area contributed by atoms with E-state index in [1.54, 1.807) is 13.1 Å². The van der Waals surface area contributed by atoms with Crippen molar-refractivity contribution >= 4 is 39.1 Å². The minimum atomic E-state index is -0.208. The zero-order valence-corrected chi connectivity index (χ0v) is 19.3. The molecule has 0 unspecified atom stereocenters. The average molecular weight is 496 g/mol. The second-order valence-electron chi connectivity index (χ2n) is 6.99. The van der Waals surface area contributed by atoms with Crippen molar-refractivity contribution in [2.75, 3.05) is 53.0 Å². The van der Waals surface area contributed by atoms with Gasteiger partial charge < -0.3 is 19.7 Å². The van der Waals surface area contributed by atoms with E-state index >= 15 is 0 Å². The van der Waals surface area contributed by atoms with Gasteiger partial charge in [0.25, 0.3) is 5.91 Å². The highest BCUT2D eigenvalue weighted by atomic mass is 79.9. The van der Waals surface area contributed by atoms with E-state index in [9.17, 15) is 9.59 Å². The van der Waals surface area contributed by atoms with Gasteiger partial charge in [0.1, 0.15) is 12.4 Å². The lowest BCUT2D eigenvalue weighted by molar-refractivity contribution is -0.121. The summed E-state index contributed by atoms with van der Waals surface area (Å²) in [6.07, 6.45) is 0. The molecule has 0 atom stereocenters. The van der Waals surface area contributed by atoms with Crippen LogP contribution in [0.1, 0.15) is 15.2 Å². The van der Waals surface area contributed by atoms with Crippen LogP contribution in [0.25, 0.3) is 0 Å². The zero-order valence-electron chi connectivity index (χ0n) is 16.9. The smallest absolute Gasteiger partial charge is 0.264 e. The fourth-order valence-corrected chi connectivity index (χ4v) is 4.40. The summed E-state index contributed by atoms with van der Waals surface area (Å²) in [5.74, 6) is 0.405. The number of halogens is 1. The zero-order chi connectivity index (χ0) is 21.3. The van der Waals surface area contributed by atoms with Gasteiger partial charge in [-0.25, -0.2) is 0 Å². The first kappa shape index (κ1) is 22.7. The van der Waals surface area contributed by atoms with E-state index in [0.717, 1.165) is 47.9 Å². The summed E-state index contributed by atoms with van der Waals surface area (Å²) in [4.78, 5) is 28.9. The molecule has 1 saturated heterocycles. The summed E-state index contributed by atoms with van der Waals surface area (Å²) in [6, 6.07) is 11.3. The molecule has 0 radical (unpaired) electrons. The summed E-state index contributed by atoms with van der Waals surface area (Å²) >= 11 is 4.69. The first-order valence-corrected chi connectivity index (χ1v) is 11.4. The maximum Gasteiger partial charge on any atom is 0.264 e. The summed E-state index contributed by atoms with van der Waals surface area (Å²) in [7, 11) is 1.62. The maximum atomic E-state index is 12.3. The van der Waals surface area contributed by atoms with Crippen LogP contribution in [0.3, 0.4) is 0 Å². The predicted molar refractivity (Wildman–Crippen MR) is 120 cm³/mol. The molecule has 2 aromatic rings. The molecule has 1 N–H and O–H groups in total. The van der Waals surface area contributed by atoms with Crippen molar-refractivity contribution in [1.29, 1.82) is 0 Å². The van der Waals surface area contributed by atoms with Crippen LogP contribution in [0.5, 0.6) is 5.75 Å². The van der Waals surface area contributed by atoms with Crippen molar-refractivity contribution in [2.45, 2.75) is 6.54 Å². The van der Waals surface area contributed by atoms with E-state index in [2.05, 4.69) is 26.1 Å². The SMILES string of the molecule is CN(CC(=O)NCc1cccc(OCCN2CCOCC2)c1)C(=O)c1ccc(Br)s1. The van der Waals surface area contributed by atoms with Crippen molar-refractivity contribution in [3.8, 4) is 5.75 Å². The van der Waals surface area contributed by atoms with Gasteiger partial charge in [-0.3, -0.25) is 14.5 Å². The van der Waals surface area contributed by atoms with Gasteiger partial charge in [0.15, 0.2) is 0 Å². The highest BCUT2D eigenvalue weighted by molar-refractivity contribution is 9.11. The Hall–Kier alpha value is -1.94. The molecule has 0 saturated carbocycles. The number of nitrogens with one attached hydrogen (secondary N) is 1. The van der Waals surface area contributed by atoms with Crippen molar-refractivity contribution in [3.63, 3.8) is 0 Å². The molecular weight excluding hydrogens is 470 g/mol. The molecule has 1 aromatic heterocycles. The predicted octanol–water partition coefficient (Wildman–Crippen LogP) is 2.61. The van der Waals surface area contributed by atoms with Crippen LogP contribution in [-0.4, -0.2) is 74.7 Å². The van der Waals surface area contributed by atoms with Crippen molar-refractivity contribution in [3.05, 3.63) is 50.6 Å². The van der Waals surface area contributed by atoms with Gasteiger partial charge in [0.2, 0.25) is 5.91 Å². The fraction of sp³-hybridized carbons (Fsp3) is 0.429. The van der Waals surface area contributed by atoms with Crippen LogP contribution < -0.4 is 10.1 Å². The molecule has 1 aliphatic rings. The number of ether oxygens (including phenoxy) is 2. The summed E-state index contributed by atoms with van der Waals surface area (Å²) < 4.78 is 12.1. The molecule has 1 aromatic carbocycles. The number of hydrogen-bond acceptors (Lipinski definition) is 6.